The van der Waals surface area contributed by atoms with Crippen molar-refractivity contribution < 1.29 is 18.7 Å². The zero-order valence-electron chi connectivity index (χ0n) is 12.5. The van der Waals surface area contributed by atoms with Crippen LogP contribution in [-0.4, -0.2) is 56.0 Å². The number of carbonyl (C=O) groups is 1. The number of anilines is 2. The number of hydrogen-bond donors (Lipinski definition) is 1. The molecule has 3 aliphatic rings. The van der Waals surface area contributed by atoms with Gasteiger partial charge in [-0.05, 0) is 0 Å². The van der Waals surface area contributed by atoms with Crippen molar-refractivity contribution in [1.29, 1.82) is 0 Å². The van der Waals surface area contributed by atoms with Crippen LogP contribution in [0.4, 0.5) is 20.6 Å². The Morgan fingerprint density at radius 3 is 2.83 bits per heavy atom. The second-order valence-corrected chi connectivity index (χ2v) is 7.00. The Balaban J connectivity index is 1.70. The Morgan fingerprint density at radius 2 is 2.09 bits per heavy atom. The van der Waals surface area contributed by atoms with Crippen molar-refractivity contribution in [2.75, 3.05) is 47.5 Å². The van der Waals surface area contributed by atoms with Gasteiger partial charge in [0.1, 0.15) is 30.3 Å². The first-order valence-corrected chi connectivity index (χ1v) is 8.83. The molecule has 23 heavy (non-hydrogen) atoms. The molecular weight excluding hydrogens is 321 g/mol. The van der Waals surface area contributed by atoms with E-state index in [1.54, 1.807) is 6.07 Å². The van der Waals surface area contributed by atoms with Crippen LogP contribution < -0.4 is 20.3 Å². The number of halogens is 1. The van der Waals surface area contributed by atoms with E-state index in [1.165, 1.54) is 11.0 Å². The standard InChI is InChI=1S/C15H18FN3O3S/c16-9-5-11-13(6-10(9)18-1-3-23-4-2-18)21-8-12-14(7-17)22-15(20)19(11)12/h5-6,12,14H,1-4,7-8,17H2/t12-,14+/m1/s1. The third-order valence-corrected chi connectivity index (χ3v) is 5.43. The van der Waals surface area contributed by atoms with Gasteiger partial charge in [0, 0.05) is 43.3 Å². The van der Waals surface area contributed by atoms with Gasteiger partial charge in [0.15, 0.2) is 0 Å². The highest BCUT2D eigenvalue weighted by molar-refractivity contribution is 7.99. The fourth-order valence-electron chi connectivity index (χ4n) is 3.29. The molecule has 1 amide bonds. The summed E-state index contributed by atoms with van der Waals surface area (Å²) >= 11 is 1.87. The van der Waals surface area contributed by atoms with Gasteiger partial charge in [-0.15, -0.1) is 0 Å². The number of cyclic esters (lactones) is 1. The van der Waals surface area contributed by atoms with Crippen LogP contribution in [0.2, 0.25) is 0 Å². The lowest BCUT2D eigenvalue weighted by Gasteiger charge is -2.33. The van der Waals surface area contributed by atoms with E-state index in [4.69, 9.17) is 15.2 Å². The van der Waals surface area contributed by atoms with Crippen LogP contribution in [0, 0.1) is 5.82 Å². The molecule has 124 valence electrons. The fraction of sp³-hybridized carbons (Fsp3) is 0.533. The van der Waals surface area contributed by atoms with Crippen LogP contribution in [0.25, 0.3) is 0 Å². The third kappa shape index (κ3) is 2.40. The van der Waals surface area contributed by atoms with Gasteiger partial charge >= 0.3 is 6.09 Å². The van der Waals surface area contributed by atoms with E-state index in [1.807, 2.05) is 16.7 Å². The lowest BCUT2D eigenvalue weighted by atomic mass is 10.1. The number of carbonyl (C=O) groups excluding carboxylic acids is 1. The molecule has 6 nitrogen and oxygen atoms in total. The van der Waals surface area contributed by atoms with Crippen LogP contribution in [0.3, 0.4) is 0 Å². The largest absolute Gasteiger partial charge is 0.489 e. The van der Waals surface area contributed by atoms with E-state index < -0.39 is 12.2 Å². The first-order chi connectivity index (χ1) is 11.2. The Kier molecular flexibility index (Phi) is 3.73. The smallest absolute Gasteiger partial charge is 0.415 e. The highest BCUT2D eigenvalue weighted by atomic mass is 32.2. The number of amides is 1. The molecule has 0 saturated carbocycles. The van der Waals surface area contributed by atoms with Gasteiger partial charge in [-0.2, -0.15) is 11.8 Å². The van der Waals surface area contributed by atoms with Crippen LogP contribution in [-0.2, 0) is 4.74 Å². The summed E-state index contributed by atoms with van der Waals surface area (Å²) in [6.07, 6.45) is -0.908. The van der Waals surface area contributed by atoms with E-state index in [9.17, 15) is 9.18 Å². The van der Waals surface area contributed by atoms with E-state index in [-0.39, 0.29) is 18.4 Å². The van der Waals surface area contributed by atoms with Crippen molar-refractivity contribution in [2.24, 2.45) is 5.73 Å². The average Bonchev–Trinajstić information content (AvgIpc) is 2.91. The van der Waals surface area contributed by atoms with Gasteiger partial charge in [-0.3, -0.25) is 4.90 Å². The second kappa shape index (κ2) is 5.76. The maximum atomic E-state index is 14.6. The Hall–Kier alpha value is -1.67. The molecule has 2 atom stereocenters. The van der Waals surface area contributed by atoms with Crippen LogP contribution >= 0.6 is 11.8 Å². The maximum Gasteiger partial charge on any atom is 0.415 e. The lowest BCUT2D eigenvalue weighted by molar-refractivity contribution is 0.126. The van der Waals surface area contributed by atoms with Crippen molar-refractivity contribution in [3.63, 3.8) is 0 Å². The summed E-state index contributed by atoms with van der Waals surface area (Å²) in [6, 6.07) is 2.77. The van der Waals surface area contributed by atoms with Gasteiger partial charge in [0.2, 0.25) is 0 Å². The van der Waals surface area contributed by atoms with Crippen LogP contribution in [0.15, 0.2) is 12.1 Å². The van der Waals surface area contributed by atoms with Crippen LogP contribution in [0.5, 0.6) is 5.75 Å². The lowest BCUT2D eigenvalue weighted by Crippen LogP contribution is -2.46. The summed E-state index contributed by atoms with van der Waals surface area (Å²) in [4.78, 5) is 15.6. The molecule has 4 rings (SSSR count). The molecule has 0 aliphatic carbocycles. The van der Waals surface area contributed by atoms with Crippen molar-refractivity contribution in [3.8, 4) is 5.75 Å². The molecule has 8 heteroatoms. The summed E-state index contributed by atoms with van der Waals surface area (Å²) in [6.45, 7) is 2.15. The van der Waals surface area contributed by atoms with E-state index in [2.05, 4.69) is 0 Å². The summed E-state index contributed by atoms with van der Waals surface area (Å²) in [7, 11) is 0. The summed E-state index contributed by atoms with van der Waals surface area (Å²) in [5.74, 6) is 2.14. The molecule has 1 aromatic rings. The first kappa shape index (κ1) is 14.9. The molecule has 2 N–H and O–H groups in total. The molecule has 0 radical (unpaired) electrons. The number of fused-ring (bicyclic) bond motifs is 3. The predicted molar refractivity (Wildman–Crippen MR) is 87.0 cm³/mol. The number of rotatable bonds is 2. The topological polar surface area (TPSA) is 68.0 Å². The van der Waals surface area contributed by atoms with Crippen molar-refractivity contribution in [1.82, 2.24) is 0 Å². The van der Waals surface area contributed by atoms with Crippen molar-refractivity contribution in [2.45, 2.75) is 12.1 Å². The molecule has 0 spiro atoms. The summed E-state index contributed by atoms with van der Waals surface area (Å²) in [5.41, 5.74) is 6.59. The summed E-state index contributed by atoms with van der Waals surface area (Å²) in [5, 5.41) is 0. The molecule has 0 unspecified atom stereocenters. The number of hydrogen-bond acceptors (Lipinski definition) is 6. The molecule has 3 heterocycles. The van der Waals surface area contributed by atoms with E-state index >= 15 is 0 Å². The van der Waals surface area contributed by atoms with Gasteiger partial charge in [0.05, 0.1) is 11.4 Å². The zero-order valence-corrected chi connectivity index (χ0v) is 13.4. The van der Waals surface area contributed by atoms with Gasteiger partial charge < -0.3 is 20.1 Å². The van der Waals surface area contributed by atoms with Crippen molar-refractivity contribution >= 4 is 29.2 Å². The summed E-state index contributed by atoms with van der Waals surface area (Å²) < 4.78 is 25.6. The number of benzene rings is 1. The zero-order chi connectivity index (χ0) is 16.0. The highest BCUT2D eigenvalue weighted by Gasteiger charge is 2.46. The normalized spacial score (nSPS) is 26.4. The van der Waals surface area contributed by atoms with Crippen LogP contribution in [0.1, 0.15) is 0 Å². The molecule has 3 aliphatic heterocycles. The Morgan fingerprint density at radius 1 is 1.30 bits per heavy atom. The molecule has 0 bridgehead atoms. The highest BCUT2D eigenvalue weighted by Crippen LogP contribution is 2.42. The second-order valence-electron chi connectivity index (χ2n) is 5.78. The Bertz CT molecular complexity index is 639. The molecule has 2 fully saturated rings. The number of nitrogens with two attached hydrogens (primary N) is 1. The molecule has 2 saturated heterocycles. The SMILES string of the molecule is NC[C@@H]1OC(=O)N2c3cc(F)c(N4CCSCC4)cc3OC[C@H]12. The van der Waals surface area contributed by atoms with E-state index in [0.29, 0.717) is 23.7 Å². The van der Waals surface area contributed by atoms with Gasteiger partial charge in [0.25, 0.3) is 0 Å². The van der Waals surface area contributed by atoms with Crippen molar-refractivity contribution in [3.05, 3.63) is 17.9 Å². The minimum Gasteiger partial charge on any atom is -0.489 e. The minimum absolute atomic E-state index is 0.220. The Labute approximate surface area is 137 Å². The number of nitrogens with zero attached hydrogens (tertiary/aromatic N) is 2. The van der Waals surface area contributed by atoms with Gasteiger partial charge in [-0.25, -0.2) is 9.18 Å². The minimum atomic E-state index is -0.489. The fourth-order valence-corrected chi connectivity index (χ4v) is 4.19. The van der Waals surface area contributed by atoms with E-state index in [0.717, 1.165) is 24.6 Å². The molecule has 0 aromatic heterocycles. The molecular formula is C15H18FN3O3S. The number of ether oxygens (including phenoxy) is 2. The quantitative estimate of drug-likeness (QED) is 0.879. The monoisotopic (exact) mass is 339 g/mol. The molecule has 1 aromatic carbocycles. The average molecular weight is 339 g/mol. The third-order valence-electron chi connectivity index (χ3n) is 4.49. The van der Waals surface area contributed by atoms with Gasteiger partial charge in [-0.1, -0.05) is 0 Å². The number of thioether (sulfide) groups is 1. The maximum absolute atomic E-state index is 14.6. The predicted octanol–water partition coefficient (Wildman–Crippen LogP) is 1.42. The first-order valence-electron chi connectivity index (χ1n) is 7.68.